The van der Waals surface area contributed by atoms with Crippen LogP contribution in [-0.2, 0) is 13.1 Å². The molecule has 2 aliphatic heterocycles. The van der Waals surface area contributed by atoms with Crippen molar-refractivity contribution in [2.75, 3.05) is 7.11 Å². The first-order chi connectivity index (χ1) is 14.9. The first-order valence-corrected chi connectivity index (χ1v) is 10.9. The third-order valence-electron chi connectivity index (χ3n) is 6.74. The maximum absolute atomic E-state index is 12.2. The Labute approximate surface area is 181 Å². The molecule has 5 rings (SSSR count). The molecule has 1 aromatic carbocycles. The van der Waals surface area contributed by atoms with Crippen molar-refractivity contribution in [3.63, 3.8) is 0 Å². The summed E-state index contributed by atoms with van der Waals surface area (Å²) in [5.74, 6) is 0.831. The van der Waals surface area contributed by atoms with Crippen LogP contribution in [0.25, 0.3) is 10.9 Å². The van der Waals surface area contributed by atoms with Crippen LogP contribution in [0.2, 0.25) is 0 Å². The number of piperidine rings is 1. The third kappa shape index (κ3) is 3.95. The molecule has 3 aromatic rings. The van der Waals surface area contributed by atoms with Crippen molar-refractivity contribution in [2.24, 2.45) is 0 Å². The summed E-state index contributed by atoms with van der Waals surface area (Å²) in [6.45, 7) is 2.89. The highest BCUT2D eigenvalue weighted by molar-refractivity contribution is 5.80. The van der Waals surface area contributed by atoms with Gasteiger partial charge in [0.25, 0.3) is 5.56 Å². The molecule has 2 saturated heterocycles. The molecular formula is C24H28N4O3. The van der Waals surface area contributed by atoms with Gasteiger partial charge in [-0.1, -0.05) is 6.07 Å². The van der Waals surface area contributed by atoms with Gasteiger partial charge in [-0.25, -0.2) is 4.68 Å². The highest BCUT2D eigenvalue weighted by Gasteiger charge is 2.47. The smallest absolute Gasteiger partial charge is 0.266 e. The summed E-state index contributed by atoms with van der Waals surface area (Å²) in [7, 11) is 1.67. The zero-order valence-electron chi connectivity index (χ0n) is 18.0. The molecule has 2 unspecified atom stereocenters. The third-order valence-corrected chi connectivity index (χ3v) is 6.74. The second-order valence-corrected chi connectivity index (χ2v) is 9.02. The minimum absolute atomic E-state index is 0.161. The summed E-state index contributed by atoms with van der Waals surface area (Å²) < 4.78 is 6.72. The summed E-state index contributed by atoms with van der Waals surface area (Å²) in [4.78, 5) is 19.5. The van der Waals surface area contributed by atoms with Crippen LogP contribution in [0.4, 0.5) is 0 Å². The van der Waals surface area contributed by atoms with E-state index in [1.165, 1.54) is 10.7 Å². The maximum atomic E-state index is 12.2. The van der Waals surface area contributed by atoms with Gasteiger partial charge in [-0.2, -0.15) is 5.10 Å². The molecule has 162 valence electrons. The van der Waals surface area contributed by atoms with E-state index in [1.54, 1.807) is 13.2 Å². The molecule has 7 heteroatoms. The highest BCUT2D eigenvalue weighted by atomic mass is 16.5. The van der Waals surface area contributed by atoms with Crippen molar-refractivity contribution >= 4 is 10.9 Å². The number of aryl methyl sites for hydroxylation is 1. The summed E-state index contributed by atoms with van der Waals surface area (Å²) >= 11 is 0. The van der Waals surface area contributed by atoms with Crippen molar-refractivity contribution < 1.29 is 9.84 Å². The zero-order chi connectivity index (χ0) is 21.6. The predicted octanol–water partition coefficient (Wildman–Crippen LogP) is 2.67. The topological polar surface area (TPSA) is 80.5 Å². The van der Waals surface area contributed by atoms with Gasteiger partial charge in [0.1, 0.15) is 5.75 Å². The number of methoxy groups -OCH3 is 1. The molecule has 2 fully saturated rings. The first-order valence-electron chi connectivity index (χ1n) is 10.9. The number of nitrogens with zero attached hydrogens (tertiary/aromatic N) is 4. The van der Waals surface area contributed by atoms with Crippen LogP contribution in [0.15, 0.2) is 47.3 Å². The SMILES string of the molecule is COc1ccc2nc(CN3C4CCC3CC(O)(Cn3nc(C)ccc3=O)C4)ccc2c1. The van der Waals surface area contributed by atoms with E-state index in [1.807, 2.05) is 25.1 Å². The first kappa shape index (κ1) is 20.2. The number of hydrogen-bond donors (Lipinski definition) is 1. The molecule has 7 nitrogen and oxygen atoms in total. The van der Waals surface area contributed by atoms with E-state index in [2.05, 4.69) is 22.1 Å². The van der Waals surface area contributed by atoms with Gasteiger partial charge in [0.2, 0.25) is 0 Å². The molecule has 0 radical (unpaired) electrons. The fourth-order valence-corrected chi connectivity index (χ4v) is 5.29. The Hall–Kier alpha value is -2.77. The van der Waals surface area contributed by atoms with Crippen molar-refractivity contribution in [1.82, 2.24) is 19.7 Å². The number of benzene rings is 1. The van der Waals surface area contributed by atoms with E-state index < -0.39 is 5.60 Å². The van der Waals surface area contributed by atoms with Gasteiger partial charge in [-0.3, -0.25) is 14.7 Å². The van der Waals surface area contributed by atoms with E-state index in [-0.39, 0.29) is 24.2 Å². The molecule has 4 heterocycles. The Balaban J connectivity index is 1.32. The van der Waals surface area contributed by atoms with Gasteiger partial charge in [-0.05, 0) is 62.9 Å². The normalized spacial score (nSPS) is 25.8. The number of ether oxygens (including phenoxy) is 1. The van der Waals surface area contributed by atoms with Gasteiger partial charge in [0.15, 0.2) is 0 Å². The average Bonchev–Trinajstić information content (AvgIpc) is 3.00. The highest BCUT2D eigenvalue weighted by Crippen LogP contribution is 2.42. The van der Waals surface area contributed by atoms with Crippen molar-refractivity contribution in [3.8, 4) is 5.75 Å². The number of aromatic nitrogens is 3. The van der Waals surface area contributed by atoms with Crippen LogP contribution >= 0.6 is 0 Å². The quantitative estimate of drug-likeness (QED) is 0.684. The lowest BCUT2D eigenvalue weighted by molar-refractivity contribution is -0.0680. The second kappa shape index (κ2) is 7.73. The summed E-state index contributed by atoms with van der Waals surface area (Å²) in [5.41, 5.74) is 1.72. The van der Waals surface area contributed by atoms with E-state index >= 15 is 0 Å². The number of fused-ring (bicyclic) bond motifs is 3. The van der Waals surface area contributed by atoms with Gasteiger partial charge >= 0.3 is 0 Å². The largest absolute Gasteiger partial charge is 0.497 e. The lowest BCUT2D eigenvalue weighted by Crippen LogP contribution is -2.53. The molecule has 1 N–H and O–H groups in total. The molecule has 2 bridgehead atoms. The lowest BCUT2D eigenvalue weighted by Gasteiger charge is -2.43. The molecule has 0 spiro atoms. The van der Waals surface area contributed by atoms with Gasteiger partial charge in [0.05, 0.1) is 36.2 Å². The second-order valence-electron chi connectivity index (χ2n) is 9.02. The van der Waals surface area contributed by atoms with Gasteiger partial charge in [0, 0.05) is 30.1 Å². The molecule has 0 aliphatic carbocycles. The van der Waals surface area contributed by atoms with Crippen LogP contribution in [0.1, 0.15) is 37.1 Å². The minimum atomic E-state index is -0.902. The standard InChI is InChI=1S/C24H28N4O3/c1-16-3-10-23(29)28(26-16)15-24(30)12-19-6-7-20(13-24)27(19)14-18-5-4-17-11-21(31-2)8-9-22(17)25-18/h3-5,8-11,19-20,30H,6-7,12-15H2,1-2H3. The van der Waals surface area contributed by atoms with Crippen molar-refractivity contribution in [2.45, 2.75) is 63.4 Å². The monoisotopic (exact) mass is 420 g/mol. The number of hydrogen-bond acceptors (Lipinski definition) is 6. The fraction of sp³-hybridized carbons (Fsp3) is 0.458. The van der Waals surface area contributed by atoms with Gasteiger partial charge in [-0.15, -0.1) is 0 Å². The zero-order valence-corrected chi connectivity index (χ0v) is 18.0. The molecule has 2 aromatic heterocycles. The van der Waals surface area contributed by atoms with Gasteiger partial charge < -0.3 is 9.84 Å². The molecular weight excluding hydrogens is 392 g/mol. The fourth-order valence-electron chi connectivity index (χ4n) is 5.29. The average molecular weight is 421 g/mol. The lowest BCUT2D eigenvalue weighted by atomic mass is 9.86. The van der Waals surface area contributed by atoms with Crippen LogP contribution < -0.4 is 10.3 Å². The Morgan fingerprint density at radius 3 is 2.65 bits per heavy atom. The Bertz CT molecular complexity index is 1160. The van der Waals surface area contributed by atoms with Crippen LogP contribution in [0.3, 0.4) is 0 Å². The number of aliphatic hydroxyl groups is 1. The maximum Gasteiger partial charge on any atom is 0.266 e. The summed E-state index contributed by atoms with van der Waals surface area (Å²) in [5, 5.41) is 16.7. The molecule has 0 amide bonds. The molecule has 31 heavy (non-hydrogen) atoms. The van der Waals surface area contributed by atoms with E-state index in [0.717, 1.165) is 47.4 Å². The molecule has 0 saturated carbocycles. The van der Waals surface area contributed by atoms with Crippen LogP contribution in [-0.4, -0.2) is 49.6 Å². The Morgan fingerprint density at radius 2 is 1.90 bits per heavy atom. The van der Waals surface area contributed by atoms with Crippen LogP contribution in [0.5, 0.6) is 5.75 Å². The number of rotatable bonds is 5. The predicted molar refractivity (Wildman–Crippen MR) is 118 cm³/mol. The Morgan fingerprint density at radius 1 is 1.13 bits per heavy atom. The van der Waals surface area contributed by atoms with E-state index in [9.17, 15) is 9.90 Å². The van der Waals surface area contributed by atoms with E-state index in [4.69, 9.17) is 9.72 Å². The minimum Gasteiger partial charge on any atom is -0.497 e. The Kier molecular flexibility index (Phi) is 5.02. The van der Waals surface area contributed by atoms with Crippen LogP contribution in [0, 0.1) is 6.92 Å². The van der Waals surface area contributed by atoms with Crippen molar-refractivity contribution in [3.05, 3.63) is 64.2 Å². The van der Waals surface area contributed by atoms with E-state index in [0.29, 0.717) is 12.8 Å². The number of pyridine rings is 1. The summed E-state index contributed by atoms with van der Waals surface area (Å²) in [6, 6.07) is 13.9. The molecule has 2 atom stereocenters. The summed E-state index contributed by atoms with van der Waals surface area (Å²) in [6.07, 6.45) is 3.43. The molecule has 2 aliphatic rings. The van der Waals surface area contributed by atoms with Crippen molar-refractivity contribution in [1.29, 1.82) is 0 Å².